The second-order valence-electron chi connectivity index (χ2n) is 4.05. The van der Waals surface area contributed by atoms with Gasteiger partial charge in [-0.25, -0.2) is 20.2 Å². The summed E-state index contributed by atoms with van der Waals surface area (Å²) in [5, 5.41) is 4.79. The Bertz CT molecular complexity index is 691. The van der Waals surface area contributed by atoms with Crippen molar-refractivity contribution >= 4 is 34.3 Å². The van der Waals surface area contributed by atoms with E-state index >= 15 is 0 Å². The summed E-state index contributed by atoms with van der Waals surface area (Å²) in [6.45, 7) is 0. The van der Waals surface area contributed by atoms with Crippen LogP contribution in [0.15, 0.2) is 56.4 Å². The highest BCUT2D eigenvalue weighted by Gasteiger charge is 2.20. The van der Waals surface area contributed by atoms with Crippen LogP contribution in [-0.2, 0) is 0 Å². The standard InChI is InChI=1S/C13H11FN4S2/c14-9-1-3-10(4-2-9)20-11(15)12-17-7-8-5-6-19-13(8)18(12)16/h1-7H,15-16H2/b12-11+. The van der Waals surface area contributed by atoms with Crippen molar-refractivity contribution in [3.8, 4) is 0 Å². The predicted molar refractivity (Wildman–Crippen MR) is 82.0 cm³/mol. The Kier molecular flexibility index (Phi) is 3.47. The first-order chi connectivity index (χ1) is 9.65. The maximum Gasteiger partial charge on any atom is 0.178 e. The van der Waals surface area contributed by atoms with Crippen molar-refractivity contribution in [3.05, 3.63) is 57.9 Å². The fraction of sp³-hybridized carbons (Fsp3) is 0. The summed E-state index contributed by atoms with van der Waals surface area (Å²) < 4.78 is 12.9. The Morgan fingerprint density at radius 2 is 2.00 bits per heavy atom. The molecule has 0 saturated heterocycles. The van der Waals surface area contributed by atoms with E-state index in [0.717, 1.165) is 15.5 Å². The number of anilines is 1. The molecule has 0 radical (unpaired) electrons. The molecule has 4 N–H and O–H groups in total. The molecule has 102 valence electrons. The number of nitrogens with two attached hydrogens (primary N) is 2. The highest BCUT2D eigenvalue weighted by atomic mass is 32.2. The van der Waals surface area contributed by atoms with Gasteiger partial charge in [0.1, 0.15) is 15.8 Å². The zero-order valence-corrected chi connectivity index (χ0v) is 11.9. The lowest BCUT2D eigenvalue weighted by molar-refractivity contribution is 0.626. The van der Waals surface area contributed by atoms with E-state index in [2.05, 4.69) is 4.99 Å². The number of thiophene rings is 1. The molecule has 1 aromatic heterocycles. The maximum atomic E-state index is 12.9. The zero-order chi connectivity index (χ0) is 14.1. The van der Waals surface area contributed by atoms with Crippen LogP contribution in [0.1, 0.15) is 5.56 Å². The van der Waals surface area contributed by atoms with Crippen LogP contribution in [0.4, 0.5) is 9.39 Å². The van der Waals surface area contributed by atoms with E-state index in [9.17, 15) is 4.39 Å². The molecule has 7 heteroatoms. The van der Waals surface area contributed by atoms with Crippen LogP contribution in [0.5, 0.6) is 0 Å². The third kappa shape index (κ3) is 2.43. The zero-order valence-electron chi connectivity index (χ0n) is 10.3. The number of hydrogen-bond donors (Lipinski definition) is 2. The number of thioether (sulfide) groups is 1. The number of hydrogen-bond acceptors (Lipinski definition) is 6. The Morgan fingerprint density at radius 3 is 2.75 bits per heavy atom. The van der Waals surface area contributed by atoms with Gasteiger partial charge in [0.05, 0.1) is 0 Å². The van der Waals surface area contributed by atoms with Crippen molar-refractivity contribution in [2.75, 3.05) is 5.01 Å². The van der Waals surface area contributed by atoms with Gasteiger partial charge in [0, 0.05) is 16.7 Å². The van der Waals surface area contributed by atoms with Crippen LogP contribution in [0.2, 0.25) is 0 Å². The minimum atomic E-state index is -0.278. The average Bonchev–Trinajstić information content (AvgIpc) is 2.91. The Hall–Kier alpha value is -1.83. The van der Waals surface area contributed by atoms with Gasteiger partial charge in [-0.2, -0.15) is 0 Å². The summed E-state index contributed by atoms with van der Waals surface area (Å²) in [4.78, 5) is 5.11. The molecule has 0 saturated carbocycles. The fourth-order valence-corrected chi connectivity index (χ4v) is 3.32. The van der Waals surface area contributed by atoms with Crippen LogP contribution >= 0.6 is 23.1 Å². The van der Waals surface area contributed by atoms with Gasteiger partial charge in [-0.15, -0.1) is 11.3 Å². The van der Waals surface area contributed by atoms with Crippen LogP contribution in [0.25, 0.3) is 0 Å². The minimum Gasteiger partial charge on any atom is -0.390 e. The van der Waals surface area contributed by atoms with Crippen molar-refractivity contribution in [2.45, 2.75) is 4.90 Å². The number of benzene rings is 1. The lowest BCUT2D eigenvalue weighted by Crippen LogP contribution is -2.33. The minimum absolute atomic E-state index is 0.278. The Labute approximate surface area is 123 Å². The number of nitrogens with zero attached hydrogens (tertiary/aromatic N) is 2. The van der Waals surface area contributed by atoms with Crippen LogP contribution in [-0.4, -0.2) is 6.21 Å². The summed E-state index contributed by atoms with van der Waals surface area (Å²) >= 11 is 2.82. The molecule has 0 atom stereocenters. The first-order valence-electron chi connectivity index (χ1n) is 5.75. The quantitative estimate of drug-likeness (QED) is 0.661. The fourth-order valence-electron chi connectivity index (χ4n) is 1.75. The third-order valence-corrected chi connectivity index (χ3v) is 4.55. The van der Waals surface area contributed by atoms with E-state index < -0.39 is 0 Å². The van der Waals surface area contributed by atoms with Crippen LogP contribution in [0, 0.1) is 5.82 Å². The van der Waals surface area contributed by atoms with Gasteiger partial charge >= 0.3 is 0 Å². The lowest BCUT2D eigenvalue weighted by Gasteiger charge is -2.22. The van der Waals surface area contributed by atoms with E-state index in [0.29, 0.717) is 10.9 Å². The molecule has 0 spiro atoms. The second-order valence-corrected chi connectivity index (χ2v) is 6.06. The Morgan fingerprint density at radius 1 is 1.25 bits per heavy atom. The highest BCUT2D eigenvalue weighted by Crippen LogP contribution is 2.34. The number of hydrazine groups is 1. The molecule has 2 heterocycles. The van der Waals surface area contributed by atoms with E-state index in [1.807, 2.05) is 11.4 Å². The monoisotopic (exact) mass is 306 g/mol. The van der Waals surface area contributed by atoms with Crippen molar-refractivity contribution in [1.82, 2.24) is 0 Å². The smallest absolute Gasteiger partial charge is 0.178 e. The number of aliphatic imine (C=N–C) groups is 1. The molecule has 0 fully saturated rings. The first kappa shape index (κ1) is 13.2. The normalized spacial score (nSPS) is 16.2. The molecular formula is C13H11FN4S2. The lowest BCUT2D eigenvalue weighted by atomic mass is 10.3. The van der Waals surface area contributed by atoms with Crippen molar-refractivity contribution < 1.29 is 4.39 Å². The van der Waals surface area contributed by atoms with E-state index in [1.165, 1.54) is 40.2 Å². The molecule has 0 aliphatic carbocycles. The molecule has 4 nitrogen and oxygen atoms in total. The molecule has 0 bridgehead atoms. The summed E-state index contributed by atoms with van der Waals surface area (Å²) in [5.74, 6) is 6.25. The molecule has 1 aliphatic heterocycles. The molecule has 0 amide bonds. The molecule has 20 heavy (non-hydrogen) atoms. The van der Waals surface area contributed by atoms with Gasteiger partial charge in [-0.05, 0) is 35.7 Å². The Balaban J connectivity index is 1.89. The summed E-state index contributed by atoms with van der Waals surface area (Å²) in [7, 11) is 0. The highest BCUT2D eigenvalue weighted by molar-refractivity contribution is 8.03. The topological polar surface area (TPSA) is 67.6 Å². The molecule has 3 rings (SSSR count). The van der Waals surface area contributed by atoms with E-state index in [-0.39, 0.29) is 5.82 Å². The van der Waals surface area contributed by atoms with Gasteiger partial charge in [-0.1, -0.05) is 11.8 Å². The van der Waals surface area contributed by atoms with E-state index in [1.54, 1.807) is 18.3 Å². The first-order valence-corrected chi connectivity index (χ1v) is 7.44. The summed E-state index contributed by atoms with van der Waals surface area (Å²) in [6, 6.07) is 8.06. The van der Waals surface area contributed by atoms with Gasteiger partial charge < -0.3 is 5.73 Å². The number of fused-ring (bicyclic) bond motifs is 1. The summed E-state index contributed by atoms with van der Waals surface area (Å²) in [5.41, 5.74) is 7.03. The summed E-state index contributed by atoms with van der Waals surface area (Å²) in [6.07, 6.45) is 1.74. The maximum absolute atomic E-state index is 12.9. The van der Waals surface area contributed by atoms with Crippen molar-refractivity contribution in [1.29, 1.82) is 0 Å². The van der Waals surface area contributed by atoms with Crippen molar-refractivity contribution in [2.24, 2.45) is 16.6 Å². The molecule has 1 aromatic carbocycles. The van der Waals surface area contributed by atoms with Gasteiger partial charge in [0.15, 0.2) is 5.82 Å². The SMILES string of the molecule is N/C(Sc1ccc(F)cc1)=C1/N=Cc2ccsc2N1N. The number of halogens is 1. The number of rotatable bonds is 2. The largest absolute Gasteiger partial charge is 0.390 e. The second kappa shape index (κ2) is 5.28. The third-order valence-electron chi connectivity index (χ3n) is 2.71. The van der Waals surface area contributed by atoms with E-state index in [4.69, 9.17) is 11.6 Å². The van der Waals surface area contributed by atoms with Crippen LogP contribution < -0.4 is 16.6 Å². The molecular weight excluding hydrogens is 295 g/mol. The molecule has 2 aromatic rings. The molecule has 0 unspecified atom stereocenters. The van der Waals surface area contributed by atoms with Crippen molar-refractivity contribution in [3.63, 3.8) is 0 Å². The van der Waals surface area contributed by atoms with Crippen LogP contribution in [0.3, 0.4) is 0 Å². The van der Waals surface area contributed by atoms with Gasteiger partial charge in [0.25, 0.3) is 0 Å². The predicted octanol–water partition coefficient (Wildman–Crippen LogP) is 2.88. The van der Waals surface area contributed by atoms with Gasteiger partial charge in [0.2, 0.25) is 0 Å². The average molecular weight is 306 g/mol. The van der Waals surface area contributed by atoms with Gasteiger partial charge in [-0.3, -0.25) is 0 Å². The molecule has 1 aliphatic rings.